The van der Waals surface area contributed by atoms with E-state index in [1.165, 1.54) is 11.8 Å². The van der Waals surface area contributed by atoms with Crippen LogP contribution in [0.25, 0.3) is 11.4 Å². The van der Waals surface area contributed by atoms with Crippen LogP contribution in [0, 0.1) is 0 Å². The first kappa shape index (κ1) is 14.9. The Labute approximate surface area is 125 Å². The van der Waals surface area contributed by atoms with Crippen molar-refractivity contribution in [3.63, 3.8) is 0 Å². The van der Waals surface area contributed by atoms with Crippen molar-refractivity contribution in [2.45, 2.75) is 24.3 Å². The number of aromatic nitrogens is 2. The van der Waals surface area contributed by atoms with Crippen LogP contribution >= 0.6 is 23.4 Å². The zero-order chi connectivity index (χ0) is 14.8. The lowest BCUT2D eigenvalue weighted by atomic mass is 10.2. The highest BCUT2D eigenvalue weighted by Crippen LogP contribution is 2.29. The summed E-state index contributed by atoms with van der Waals surface area (Å²) in [6.45, 7) is 3.26. The molecule has 0 aliphatic heterocycles. The van der Waals surface area contributed by atoms with Crippen molar-refractivity contribution < 1.29 is 14.4 Å². The fourth-order valence-electron chi connectivity index (χ4n) is 1.37. The molecule has 5 nitrogen and oxygen atoms in total. The lowest BCUT2D eigenvalue weighted by molar-refractivity contribution is -0.138. The first-order valence-corrected chi connectivity index (χ1v) is 7.21. The number of carboxylic acid groups (broad SMARTS) is 1. The van der Waals surface area contributed by atoms with Gasteiger partial charge in [-0.05, 0) is 26.0 Å². The molecule has 0 aliphatic carbocycles. The molecule has 0 unspecified atom stereocenters. The second kappa shape index (κ2) is 5.85. The molecule has 0 amide bonds. The van der Waals surface area contributed by atoms with Gasteiger partial charge in [0.1, 0.15) is 4.75 Å². The highest BCUT2D eigenvalue weighted by atomic mass is 35.5. The minimum absolute atomic E-state index is 0.330. The van der Waals surface area contributed by atoms with E-state index in [0.717, 1.165) is 0 Å². The molecule has 0 saturated carbocycles. The number of aliphatic carboxylic acids is 1. The molecule has 1 N–H and O–H groups in total. The van der Waals surface area contributed by atoms with E-state index in [2.05, 4.69) is 10.1 Å². The molecule has 2 rings (SSSR count). The van der Waals surface area contributed by atoms with E-state index in [0.29, 0.717) is 28.1 Å². The minimum atomic E-state index is -0.904. The molecule has 0 aliphatic rings. The van der Waals surface area contributed by atoms with Gasteiger partial charge in [-0.3, -0.25) is 4.79 Å². The summed E-state index contributed by atoms with van der Waals surface area (Å²) < 4.78 is 4.21. The third-order valence-corrected chi connectivity index (χ3v) is 4.27. The van der Waals surface area contributed by atoms with E-state index >= 15 is 0 Å². The Morgan fingerprint density at radius 3 is 2.80 bits per heavy atom. The van der Waals surface area contributed by atoms with Crippen LogP contribution in [0.2, 0.25) is 5.02 Å². The van der Waals surface area contributed by atoms with E-state index in [9.17, 15) is 4.79 Å². The van der Waals surface area contributed by atoms with Gasteiger partial charge < -0.3 is 9.63 Å². The number of carbonyl (C=O) groups is 1. The zero-order valence-corrected chi connectivity index (χ0v) is 12.5. The van der Waals surface area contributed by atoms with Crippen LogP contribution in [0.15, 0.2) is 28.8 Å². The molecule has 0 radical (unpaired) electrons. The van der Waals surface area contributed by atoms with Crippen LogP contribution in [-0.4, -0.2) is 26.0 Å². The van der Waals surface area contributed by atoms with Gasteiger partial charge in [-0.25, -0.2) is 0 Å². The van der Waals surface area contributed by atoms with Gasteiger partial charge in [0.25, 0.3) is 0 Å². The number of carboxylic acids is 1. The van der Waals surface area contributed by atoms with Gasteiger partial charge in [-0.1, -0.05) is 28.9 Å². The Bertz CT molecular complexity index is 628. The Morgan fingerprint density at radius 2 is 2.15 bits per heavy atom. The van der Waals surface area contributed by atoms with Gasteiger partial charge in [0.15, 0.2) is 0 Å². The van der Waals surface area contributed by atoms with Gasteiger partial charge in [0.2, 0.25) is 11.7 Å². The summed E-state index contributed by atoms with van der Waals surface area (Å²) in [7, 11) is 0. The predicted octanol–water partition coefficient (Wildman–Crippen LogP) is 3.49. The molecule has 1 aromatic heterocycles. The van der Waals surface area contributed by atoms with Crippen molar-refractivity contribution in [2.24, 2.45) is 0 Å². The molecule has 0 fully saturated rings. The molecule has 0 spiro atoms. The van der Waals surface area contributed by atoms with Gasteiger partial charge >= 0.3 is 5.97 Å². The number of halogens is 1. The lowest BCUT2D eigenvalue weighted by Gasteiger charge is -2.16. The van der Waals surface area contributed by atoms with Gasteiger partial charge in [-0.15, -0.1) is 11.8 Å². The average Bonchev–Trinajstić information content (AvgIpc) is 2.85. The van der Waals surface area contributed by atoms with E-state index < -0.39 is 10.7 Å². The van der Waals surface area contributed by atoms with E-state index in [1.54, 1.807) is 26.0 Å². The van der Waals surface area contributed by atoms with Gasteiger partial charge in [0.05, 0.1) is 10.8 Å². The number of thioether (sulfide) groups is 1. The van der Waals surface area contributed by atoms with Crippen molar-refractivity contribution >= 4 is 29.3 Å². The first-order chi connectivity index (χ1) is 9.40. The summed E-state index contributed by atoms with van der Waals surface area (Å²) in [4.78, 5) is 15.2. The SMILES string of the molecule is CC(C)(SCc1nc(-c2ccccc2Cl)no1)C(=O)O. The Kier molecular flexibility index (Phi) is 4.35. The summed E-state index contributed by atoms with van der Waals surface area (Å²) in [5.41, 5.74) is 0.687. The third kappa shape index (κ3) is 3.32. The maximum Gasteiger partial charge on any atom is 0.319 e. The molecule has 2 aromatic rings. The Morgan fingerprint density at radius 1 is 1.45 bits per heavy atom. The summed E-state index contributed by atoms with van der Waals surface area (Å²) >= 11 is 7.28. The molecule has 1 heterocycles. The Hall–Kier alpha value is -1.53. The molecule has 0 atom stereocenters. The van der Waals surface area contributed by atoms with Crippen LogP contribution in [0.1, 0.15) is 19.7 Å². The zero-order valence-electron chi connectivity index (χ0n) is 11.0. The predicted molar refractivity (Wildman–Crippen MR) is 77.8 cm³/mol. The van der Waals surface area contributed by atoms with Crippen LogP contribution in [0.4, 0.5) is 0 Å². The first-order valence-electron chi connectivity index (χ1n) is 5.85. The molecule has 20 heavy (non-hydrogen) atoms. The monoisotopic (exact) mass is 312 g/mol. The summed E-state index contributed by atoms with van der Waals surface area (Å²) in [6.07, 6.45) is 0. The molecular weight excluding hydrogens is 300 g/mol. The normalized spacial score (nSPS) is 11.6. The number of hydrogen-bond acceptors (Lipinski definition) is 5. The fraction of sp³-hybridized carbons (Fsp3) is 0.308. The van der Waals surface area contributed by atoms with Crippen LogP contribution in [0.3, 0.4) is 0 Å². The van der Waals surface area contributed by atoms with Gasteiger partial charge in [0, 0.05) is 5.56 Å². The van der Waals surface area contributed by atoms with Crippen LogP contribution in [-0.2, 0) is 10.5 Å². The summed E-state index contributed by atoms with van der Waals surface area (Å²) in [5, 5.41) is 13.4. The highest BCUT2D eigenvalue weighted by Gasteiger charge is 2.28. The second-order valence-corrected chi connectivity index (χ2v) is 6.60. The molecule has 0 saturated heterocycles. The summed E-state index contributed by atoms with van der Waals surface area (Å²) in [6, 6.07) is 7.19. The lowest BCUT2D eigenvalue weighted by Crippen LogP contribution is -2.27. The van der Waals surface area contributed by atoms with Crippen LogP contribution < -0.4 is 0 Å². The quantitative estimate of drug-likeness (QED) is 0.910. The standard InChI is InChI=1S/C13H13ClN2O3S/c1-13(2,12(17)18)20-7-10-15-11(16-19-10)8-5-3-4-6-9(8)14/h3-6H,7H2,1-2H3,(H,17,18). The Balaban J connectivity index is 2.11. The van der Waals surface area contributed by atoms with Crippen LogP contribution in [0.5, 0.6) is 0 Å². The fourth-order valence-corrected chi connectivity index (χ4v) is 2.31. The highest BCUT2D eigenvalue weighted by molar-refractivity contribution is 8.00. The van der Waals surface area contributed by atoms with E-state index in [-0.39, 0.29) is 0 Å². The van der Waals surface area contributed by atoms with E-state index in [4.69, 9.17) is 21.2 Å². The average molecular weight is 313 g/mol. The molecule has 7 heteroatoms. The number of benzene rings is 1. The maximum absolute atomic E-state index is 11.0. The molecule has 106 valence electrons. The largest absolute Gasteiger partial charge is 0.480 e. The number of hydrogen-bond donors (Lipinski definition) is 1. The number of nitrogens with zero attached hydrogens (tertiary/aromatic N) is 2. The second-order valence-electron chi connectivity index (χ2n) is 4.60. The molecule has 0 bridgehead atoms. The topological polar surface area (TPSA) is 76.2 Å². The van der Waals surface area contributed by atoms with E-state index in [1.807, 2.05) is 12.1 Å². The van der Waals surface area contributed by atoms with Crippen molar-refractivity contribution in [3.05, 3.63) is 35.2 Å². The van der Waals surface area contributed by atoms with Crippen molar-refractivity contribution in [1.82, 2.24) is 10.1 Å². The minimum Gasteiger partial charge on any atom is -0.480 e. The van der Waals surface area contributed by atoms with Crippen molar-refractivity contribution in [1.29, 1.82) is 0 Å². The third-order valence-electron chi connectivity index (χ3n) is 2.65. The summed E-state index contributed by atoms with van der Waals surface area (Å²) in [5.74, 6) is 0.225. The number of rotatable bonds is 5. The maximum atomic E-state index is 11.0. The van der Waals surface area contributed by atoms with Crippen molar-refractivity contribution in [3.8, 4) is 11.4 Å². The van der Waals surface area contributed by atoms with Gasteiger partial charge in [-0.2, -0.15) is 4.98 Å². The smallest absolute Gasteiger partial charge is 0.319 e. The molecule has 1 aromatic carbocycles. The van der Waals surface area contributed by atoms with Crippen molar-refractivity contribution in [2.75, 3.05) is 0 Å². The molecular formula is C13H13ClN2O3S.